The first kappa shape index (κ1) is 16.8. The minimum absolute atomic E-state index is 0.148. The third kappa shape index (κ3) is 3.90. The fourth-order valence-electron chi connectivity index (χ4n) is 2.92. The van der Waals surface area contributed by atoms with E-state index in [9.17, 15) is 14.4 Å². The highest BCUT2D eigenvalue weighted by Crippen LogP contribution is 2.29. The van der Waals surface area contributed by atoms with E-state index in [4.69, 9.17) is 14.3 Å². The molecule has 0 aliphatic carbocycles. The third-order valence-corrected chi connectivity index (χ3v) is 4.22. The molecule has 25 heavy (non-hydrogen) atoms. The maximum absolute atomic E-state index is 12.1. The molecule has 1 amide bonds. The van der Waals surface area contributed by atoms with Crippen LogP contribution in [-0.2, 0) is 11.3 Å². The second-order valence-electron chi connectivity index (χ2n) is 5.86. The number of H-pyrrole nitrogens is 1. The number of rotatable bonds is 4. The van der Waals surface area contributed by atoms with Gasteiger partial charge in [0.25, 0.3) is 0 Å². The minimum atomic E-state index is -1.23. The van der Waals surface area contributed by atoms with E-state index in [2.05, 4.69) is 4.98 Å². The smallest absolute Gasteiger partial charge is 0.417 e. The molecule has 0 atom stereocenters. The Morgan fingerprint density at radius 1 is 1.24 bits per heavy atom. The second-order valence-corrected chi connectivity index (χ2v) is 5.86. The first-order valence-electron chi connectivity index (χ1n) is 7.96. The maximum Gasteiger partial charge on any atom is 0.417 e. The van der Waals surface area contributed by atoms with Crippen LogP contribution in [0, 0.1) is 0 Å². The molecule has 1 aromatic carbocycles. The van der Waals surface area contributed by atoms with Gasteiger partial charge in [-0.3, -0.25) is 4.98 Å². The van der Waals surface area contributed by atoms with Crippen LogP contribution in [-0.4, -0.2) is 40.1 Å². The van der Waals surface area contributed by atoms with Gasteiger partial charge in [0.15, 0.2) is 5.69 Å². The summed E-state index contributed by atoms with van der Waals surface area (Å²) in [5.41, 5.74) is 0.695. The summed E-state index contributed by atoms with van der Waals surface area (Å²) in [5, 5.41) is 9.11. The fraction of sp³-hybridized carbons (Fsp3) is 0.353. The highest BCUT2D eigenvalue weighted by Gasteiger charge is 2.30. The molecule has 0 saturated carbocycles. The molecule has 8 nitrogen and oxygen atoms in total. The van der Waals surface area contributed by atoms with Crippen LogP contribution in [0.4, 0.5) is 4.79 Å². The van der Waals surface area contributed by atoms with Crippen LogP contribution in [0.5, 0.6) is 0 Å². The average molecular weight is 346 g/mol. The normalized spacial score (nSPS) is 15.1. The van der Waals surface area contributed by atoms with Crippen molar-refractivity contribution in [2.45, 2.75) is 25.4 Å². The van der Waals surface area contributed by atoms with Gasteiger partial charge in [0, 0.05) is 19.0 Å². The summed E-state index contributed by atoms with van der Waals surface area (Å²) in [6.45, 7) is 1.02. The molecule has 132 valence electrons. The van der Waals surface area contributed by atoms with Crippen molar-refractivity contribution in [1.29, 1.82) is 0 Å². The van der Waals surface area contributed by atoms with Gasteiger partial charge >= 0.3 is 17.8 Å². The van der Waals surface area contributed by atoms with E-state index in [-0.39, 0.29) is 24.0 Å². The molecule has 0 bridgehead atoms. The van der Waals surface area contributed by atoms with Gasteiger partial charge in [-0.25, -0.2) is 14.4 Å². The SMILES string of the molecule is O=C(O)c1[nH]c(=O)oc1C1CCN(C(=O)OCc2ccccc2)CC1. The van der Waals surface area contributed by atoms with Gasteiger partial charge in [-0.05, 0) is 18.4 Å². The summed E-state index contributed by atoms with van der Waals surface area (Å²) in [4.78, 5) is 38.3. The molecule has 1 aromatic heterocycles. The van der Waals surface area contributed by atoms with Crippen LogP contribution in [0.15, 0.2) is 39.5 Å². The van der Waals surface area contributed by atoms with Crippen LogP contribution in [0.2, 0.25) is 0 Å². The average Bonchev–Trinajstić information content (AvgIpc) is 3.03. The van der Waals surface area contributed by atoms with E-state index in [1.165, 1.54) is 0 Å². The van der Waals surface area contributed by atoms with Crippen molar-refractivity contribution >= 4 is 12.1 Å². The predicted octanol–water partition coefficient (Wildman–Crippen LogP) is 2.18. The molecule has 1 saturated heterocycles. The zero-order valence-corrected chi connectivity index (χ0v) is 13.4. The summed E-state index contributed by atoms with van der Waals surface area (Å²) >= 11 is 0. The van der Waals surface area contributed by atoms with Gasteiger partial charge in [-0.2, -0.15) is 0 Å². The van der Waals surface area contributed by atoms with Crippen molar-refractivity contribution in [2.24, 2.45) is 0 Å². The van der Waals surface area contributed by atoms with E-state index < -0.39 is 17.8 Å². The molecule has 1 fully saturated rings. The van der Waals surface area contributed by atoms with Crippen molar-refractivity contribution < 1.29 is 23.8 Å². The summed E-state index contributed by atoms with van der Waals surface area (Å²) in [5.74, 6) is -2.08. The zero-order chi connectivity index (χ0) is 17.8. The van der Waals surface area contributed by atoms with Crippen molar-refractivity contribution in [2.75, 3.05) is 13.1 Å². The molecule has 2 heterocycles. The van der Waals surface area contributed by atoms with Gasteiger partial charge in [0.1, 0.15) is 12.4 Å². The first-order chi connectivity index (χ1) is 12.0. The lowest BCUT2D eigenvalue weighted by molar-refractivity contribution is 0.0682. The van der Waals surface area contributed by atoms with Crippen molar-refractivity contribution in [3.05, 3.63) is 57.9 Å². The number of oxazole rings is 1. The van der Waals surface area contributed by atoms with E-state index in [0.717, 1.165) is 5.56 Å². The summed E-state index contributed by atoms with van der Waals surface area (Å²) in [6.07, 6.45) is 0.597. The molecule has 0 unspecified atom stereocenters. The number of benzene rings is 1. The molecule has 8 heteroatoms. The molecule has 3 rings (SSSR count). The second kappa shape index (κ2) is 7.25. The molecule has 1 aliphatic heterocycles. The number of aromatic carboxylic acids is 1. The number of nitrogens with zero attached hydrogens (tertiary/aromatic N) is 1. The number of carbonyl (C=O) groups excluding carboxylic acids is 1. The largest absolute Gasteiger partial charge is 0.476 e. The number of hydrogen-bond acceptors (Lipinski definition) is 5. The van der Waals surface area contributed by atoms with Crippen molar-refractivity contribution in [3.8, 4) is 0 Å². The predicted molar refractivity (Wildman–Crippen MR) is 86.5 cm³/mol. The van der Waals surface area contributed by atoms with Crippen LogP contribution in [0.3, 0.4) is 0 Å². The quantitative estimate of drug-likeness (QED) is 0.877. The number of piperidine rings is 1. The van der Waals surface area contributed by atoms with E-state index in [0.29, 0.717) is 25.9 Å². The van der Waals surface area contributed by atoms with Crippen LogP contribution < -0.4 is 5.76 Å². The van der Waals surface area contributed by atoms with E-state index in [1.54, 1.807) is 4.90 Å². The number of nitrogens with one attached hydrogen (secondary N) is 1. The van der Waals surface area contributed by atoms with Crippen molar-refractivity contribution in [1.82, 2.24) is 9.88 Å². The lowest BCUT2D eigenvalue weighted by Gasteiger charge is -2.30. The number of aromatic nitrogens is 1. The Hall–Kier alpha value is -3.03. The molecule has 0 radical (unpaired) electrons. The van der Waals surface area contributed by atoms with Gasteiger partial charge in [0.05, 0.1) is 0 Å². The topological polar surface area (TPSA) is 113 Å². The number of ether oxygens (including phenoxy) is 1. The Kier molecular flexibility index (Phi) is 4.87. The number of carboxylic acids is 1. The molecular weight excluding hydrogens is 328 g/mol. The van der Waals surface area contributed by atoms with Crippen LogP contribution >= 0.6 is 0 Å². The Balaban J connectivity index is 1.56. The van der Waals surface area contributed by atoms with Gasteiger partial charge in [-0.15, -0.1) is 0 Å². The van der Waals surface area contributed by atoms with Crippen molar-refractivity contribution in [3.63, 3.8) is 0 Å². The molecule has 0 spiro atoms. The molecule has 2 N–H and O–H groups in total. The van der Waals surface area contributed by atoms with E-state index in [1.807, 2.05) is 30.3 Å². The summed E-state index contributed by atoms with van der Waals surface area (Å²) in [7, 11) is 0. The number of amides is 1. The number of aromatic amines is 1. The highest BCUT2D eigenvalue weighted by atomic mass is 16.6. The highest BCUT2D eigenvalue weighted by molar-refractivity contribution is 5.86. The maximum atomic E-state index is 12.1. The lowest BCUT2D eigenvalue weighted by Crippen LogP contribution is -2.38. The van der Waals surface area contributed by atoms with Crippen LogP contribution in [0.1, 0.15) is 40.6 Å². The fourth-order valence-corrected chi connectivity index (χ4v) is 2.92. The lowest BCUT2D eigenvalue weighted by atomic mass is 9.93. The Morgan fingerprint density at radius 2 is 1.92 bits per heavy atom. The van der Waals surface area contributed by atoms with Gasteiger partial charge in [0.2, 0.25) is 0 Å². The number of carboxylic acid groups (broad SMARTS) is 1. The molecule has 1 aliphatic rings. The molecular formula is C17H18N2O6. The van der Waals surface area contributed by atoms with Gasteiger partial charge in [-0.1, -0.05) is 30.3 Å². The number of carbonyl (C=O) groups is 2. The van der Waals surface area contributed by atoms with Gasteiger partial charge < -0.3 is 19.2 Å². The third-order valence-electron chi connectivity index (χ3n) is 4.22. The van der Waals surface area contributed by atoms with Crippen LogP contribution in [0.25, 0.3) is 0 Å². The Morgan fingerprint density at radius 3 is 2.56 bits per heavy atom. The number of likely N-dealkylation sites (tertiary alicyclic amines) is 1. The minimum Gasteiger partial charge on any atom is -0.476 e. The Bertz CT molecular complexity index is 802. The summed E-state index contributed by atoms with van der Waals surface area (Å²) in [6, 6.07) is 9.39. The molecule has 2 aromatic rings. The number of hydrogen-bond donors (Lipinski definition) is 2. The Labute approximate surface area is 143 Å². The van der Waals surface area contributed by atoms with E-state index >= 15 is 0 Å². The summed E-state index contributed by atoms with van der Waals surface area (Å²) < 4.78 is 10.3. The first-order valence-corrected chi connectivity index (χ1v) is 7.96. The zero-order valence-electron chi connectivity index (χ0n) is 13.4. The monoisotopic (exact) mass is 346 g/mol. The standard InChI is InChI=1S/C17H18N2O6/c20-15(21)13-14(25-16(22)18-13)12-6-8-19(9-7-12)17(23)24-10-11-4-2-1-3-5-11/h1-5,12H,6-10H2,(H,18,22)(H,20,21).